The van der Waals surface area contributed by atoms with Crippen molar-refractivity contribution in [3.8, 4) is 0 Å². The molecule has 2 nitrogen and oxygen atoms in total. The van der Waals surface area contributed by atoms with Crippen LogP contribution in [0.5, 0.6) is 0 Å². The Hall–Kier alpha value is -0.0800. The first kappa shape index (κ1) is 7.34. The van der Waals surface area contributed by atoms with E-state index in [9.17, 15) is 0 Å². The number of rotatable bonds is 1. The minimum atomic E-state index is 0.168. The van der Waals surface area contributed by atoms with E-state index in [0.717, 1.165) is 19.1 Å². The molecule has 1 aliphatic carbocycles. The van der Waals surface area contributed by atoms with Gasteiger partial charge in [-0.2, -0.15) is 0 Å². The molecule has 12 heavy (non-hydrogen) atoms. The Kier molecular flexibility index (Phi) is 1.50. The SMILES string of the molecule is C1COC(C23CCC(CO2)C3)C1. The van der Waals surface area contributed by atoms with Crippen LogP contribution in [0.3, 0.4) is 0 Å². The molecular formula is C10H16O2. The molecule has 0 spiro atoms. The molecule has 2 heteroatoms. The number of fused-ring (bicyclic) bond motifs is 2. The van der Waals surface area contributed by atoms with Crippen molar-refractivity contribution in [2.75, 3.05) is 13.2 Å². The van der Waals surface area contributed by atoms with E-state index in [-0.39, 0.29) is 5.60 Å². The molecule has 0 aromatic carbocycles. The van der Waals surface area contributed by atoms with Gasteiger partial charge in [-0.15, -0.1) is 0 Å². The summed E-state index contributed by atoms with van der Waals surface area (Å²) < 4.78 is 11.6. The Morgan fingerprint density at radius 3 is 2.75 bits per heavy atom. The highest BCUT2D eigenvalue weighted by atomic mass is 16.6. The number of hydrogen-bond donors (Lipinski definition) is 0. The highest BCUT2D eigenvalue weighted by Gasteiger charge is 2.52. The fraction of sp³-hybridized carbons (Fsp3) is 1.00. The first-order chi connectivity index (χ1) is 5.89. The summed E-state index contributed by atoms with van der Waals surface area (Å²) in [6, 6.07) is 0. The van der Waals surface area contributed by atoms with Crippen LogP contribution in [-0.2, 0) is 9.47 Å². The lowest BCUT2D eigenvalue weighted by Crippen LogP contribution is -2.40. The van der Waals surface area contributed by atoms with Crippen molar-refractivity contribution in [1.29, 1.82) is 0 Å². The van der Waals surface area contributed by atoms with Crippen LogP contribution in [0.15, 0.2) is 0 Å². The fourth-order valence-electron chi connectivity index (χ4n) is 3.08. The van der Waals surface area contributed by atoms with Crippen LogP contribution >= 0.6 is 0 Å². The third-order valence-electron chi connectivity index (χ3n) is 3.73. The van der Waals surface area contributed by atoms with E-state index in [0.29, 0.717) is 6.10 Å². The third-order valence-corrected chi connectivity index (χ3v) is 3.73. The van der Waals surface area contributed by atoms with Gasteiger partial charge in [-0.1, -0.05) is 0 Å². The Bertz CT molecular complexity index is 176. The van der Waals surface area contributed by atoms with Crippen LogP contribution in [0.1, 0.15) is 32.1 Å². The van der Waals surface area contributed by atoms with E-state index in [4.69, 9.17) is 9.47 Å². The van der Waals surface area contributed by atoms with E-state index < -0.39 is 0 Å². The van der Waals surface area contributed by atoms with Gasteiger partial charge in [-0.25, -0.2) is 0 Å². The quantitative estimate of drug-likeness (QED) is 0.593. The third kappa shape index (κ3) is 0.882. The fourth-order valence-corrected chi connectivity index (χ4v) is 3.08. The van der Waals surface area contributed by atoms with Crippen LogP contribution < -0.4 is 0 Å². The van der Waals surface area contributed by atoms with Crippen molar-refractivity contribution < 1.29 is 9.47 Å². The molecule has 0 aromatic heterocycles. The molecule has 0 aromatic rings. The van der Waals surface area contributed by atoms with Gasteiger partial charge in [-0.3, -0.25) is 0 Å². The molecule has 3 rings (SSSR count). The molecule has 3 atom stereocenters. The second kappa shape index (κ2) is 2.46. The summed E-state index contributed by atoms with van der Waals surface area (Å²) in [5.41, 5.74) is 0.168. The maximum absolute atomic E-state index is 5.90. The minimum Gasteiger partial charge on any atom is -0.375 e. The molecule has 1 saturated carbocycles. The summed E-state index contributed by atoms with van der Waals surface area (Å²) in [4.78, 5) is 0. The lowest BCUT2D eigenvalue weighted by Gasteiger charge is -2.32. The van der Waals surface area contributed by atoms with Gasteiger partial charge in [-0.05, 0) is 38.0 Å². The molecule has 2 aliphatic heterocycles. The summed E-state index contributed by atoms with van der Waals surface area (Å²) in [6.07, 6.45) is 6.80. The van der Waals surface area contributed by atoms with Gasteiger partial charge in [0, 0.05) is 6.61 Å². The molecule has 0 radical (unpaired) electrons. The van der Waals surface area contributed by atoms with Gasteiger partial charge in [0.25, 0.3) is 0 Å². The zero-order chi connectivity index (χ0) is 8.02. The smallest absolute Gasteiger partial charge is 0.0946 e. The van der Waals surface area contributed by atoms with Crippen molar-refractivity contribution in [1.82, 2.24) is 0 Å². The molecule has 3 aliphatic rings. The summed E-state index contributed by atoms with van der Waals surface area (Å²) in [5, 5.41) is 0. The lowest BCUT2D eigenvalue weighted by atomic mass is 9.93. The van der Waals surface area contributed by atoms with E-state index in [1.54, 1.807) is 0 Å². The predicted molar refractivity (Wildman–Crippen MR) is 45.0 cm³/mol. The monoisotopic (exact) mass is 168 g/mol. The minimum absolute atomic E-state index is 0.168. The van der Waals surface area contributed by atoms with Crippen molar-refractivity contribution in [2.24, 2.45) is 5.92 Å². The molecule has 2 heterocycles. The van der Waals surface area contributed by atoms with E-state index in [1.807, 2.05) is 0 Å². The molecule has 3 fully saturated rings. The average Bonchev–Trinajstić information content (AvgIpc) is 2.82. The van der Waals surface area contributed by atoms with E-state index in [2.05, 4.69) is 0 Å². The van der Waals surface area contributed by atoms with Crippen LogP contribution in [0.2, 0.25) is 0 Å². The number of hydrogen-bond acceptors (Lipinski definition) is 2. The Morgan fingerprint density at radius 2 is 2.25 bits per heavy atom. The van der Waals surface area contributed by atoms with E-state index in [1.165, 1.54) is 32.1 Å². The van der Waals surface area contributed by atoms with Crippen LogP contribution in [-0.4, -0.2) is 24.9 Å². The van der Waals surface area contributed by atoms with Crippen molar-refractivity contribution in [3.63, 3.8) is 0 Å². The van der Waals surface area contributed by atoms with Gasteiger partial charge >= 0.3 is 0 Å². The second-order valence-electron chi connectivity index (χ2n) is 4.49. The summed E-state index contributed by atoms with van der Waals surface area (Å²) >= 11 is 0. The topological polar surface area (TPSA) is 18.5 Å². The van der Waals surface area contributed by atoms with Gasteiger partial charge in [0.05, 0.1) is 18.3 Å². The van der Waals surface area contributed by atoms with E-state index >= 15 is 0 Å². The van der Waals surface area contributed by atoms with Gasteiger partial charge in [0.15, 0.2) is 0 Å². The largest absolute Gasteiger partial charge is 0.375 e. The Balaban J connectivity index is 1.80. The molecule has 0 amide bonds. The van der Waals surface area contributed by atoms with Crippen molar-refractivity contribution in [2.45, 2.75) is 43.8 Å². The lowest BCUT2D eigenvalue weighted by molar-refractivity contribution is -0.107. The average molecular weight is 168 g/mol. The van der Waals surface area contributed by atoms with Gasteiger partial charge in [0.2, 0.25) is 0 Å². The van der Waals surface area contributed by atoms with Crippen LogP contribution in [0, 0.1) is 5.92 Å². The molecule has 2 saturated heterocycles. The normalized spacial score (nSPS) is 52.0. The van der Waals surface area contributed by atoms with Gasteiger partial charge in [0.1, 0.15) is 0 Å². The predicted octanol–water partition coefficient (Wildman–Crippen LogP) is 1.73. The highest BCUT2D eigenvalue weighted by molar-refractivity contribution is 5.02. The maximum Gasteiger partial charge on any atom is 0.0946 e. The maximum atomic E-state index is 5.90. The molecular weight excluding hydrogens is 152 g/mol. The van der Waals surface area contributed by atoms with Crippen molar-refractivity contribution in [3.05, 3.63) is 0 Å². The first-order valence-corrected chi connectivity index (χ1v) is 5.15. The standard InChI is InChI=1S/C10H16O2/c1-2-9(11-5-1)10-4-3-8(6-10)7-12-10/h8-9H,1-7H2. The van der Waals surface area contributed by atoms with Gasteiger partial charge < -0.3 is 9.47 Å². The molecule has 3 unspecified atom stereocenters. The summed E-state index contributed by atoms with van der Waals surface area (Å²) in [7, 11) is 0. The van der Waals surface area contributed by atoms with Crippen LogP contribution in [0.4, 0.5) is 0 Å². The van der Waals surface area contributed by atoms with Crippen LogP contribution in [0.25, 0.3) is 0 Å². The first-order valence-electron chi connectivity index (χ1n) is 5.15. The molecule has 2 bridgehead atoms. The van der Waals surface area contributed by atoms with Crippen molar-refractivity contribution >= 4 is 0 Å². The summed E-state index contributed by atoms with van der Waals surface area (Å²) in [6.45, 7) is 1.96. The zero-order valence-corrected chi connectivity index (χ0v) is 7.42. The summed E-state index contributed by atoms with van der Waals surface area (Å²) in [5.74, 6) is 0.856. The number of ether oxygens (including phenoxy) is 2. The zero-order valence-electron chi connectivity index (χ0n) is 7.42. The Morgan fingerprint density at radius 1 is 1.25 bits per heavy atom. The Labute approximate surface area is 73.2 Å². The second-order valence-corrected chi connectivity index (χ2v) is 4.49. The molecule has 0 N–H and O–H groups in total. The molecule has 68 valence electrons. The highest BCUT2D eigenvalue weighted by Crippen LogP contribution is 2.49.